The fraction of sp³-hybridized carbons (Fsp3) is 0.360. The molecule has 1 aliphatic rings. The number of benzene rings is 3. The lowest BCUT2D eigenvalue weighted by Gasteiger charge is -2.32. The minimum atomic E-state index is -4.13. The van der Waals surface area contributed by atoms with E-state index in [1.165, 1.54) is 6.07 Å². The molecule has 0 radical (unpaired) electrons. The highest BCUT2D eigenvalue weighted by Gasteiger charge is 2.41. The van der Waals surface area contributed by atoms with Gasteiger partial charge in [0.05, 0.1) is 29.8 Å². The molecule has 1 fully saturated rings. The Morgan fingerprint density at radius 2 is 1.63 bits per heavy atom. The van der Waals surface area contributed by atoms with Crippen molar-refractivity contribution in [2.45, 2.75) is 50.9 Å². The van der Waals surface area contributed by atoms with Crippen LogP contribution in [0.25, 0.3) is 10.8 Å². The van der Waals surface area contributed by atoms with E-state index in [4.69, 9.17) is 9.47 Å². The molecule has 35 heavy (non-hydrogen) atoms. The van der Waals surface area contributed by atoms with Crippen LogP contribution in [0.15, 0.2) is 30.3 Å². The molecule has 188 valence electrons. The Morgan fingerprint density at radius 3 is 2.29 bits per heavy atom. The normalized spacial score (nSPS) is 18.9. The lowest BCUT2D eigenvalue weighted by molar-refractivity contribution is -0.290. The number of fused-ring (bicyclic) bond motifs is 1. The van der Waals surface area contributed by atoms with Gasteiger partial charge in [-0.2, -0.15) is 8.78 Å². The Hall–Kier alpha value is -2.72. The molecule has 1 heterocycles. The first-order valence-electron chi connectivity index (χ1n) is 10.9. The zero-order valence-electron chi connectivity index (χ0n) is 18.4. The number of alkyl halides is 2. The molecule has 2 unspecified atom stereocenters. The average Bonchev–Trinajstić information content (AvgIpc) is 2.80. The van der Waals surface area contributed by atoms with Crippen LogP contribution in [-0.4, -0.2) is 12.7 Å². The lowest BCUT2D eigenvalue weighted by Crippen LogP contribution is -2.34. The van der Waals surface area contributed by atoms with Crippen LogP contribution < -0.4 is 0 Å². The van der Waals surface area contributed by atoms with Crippen molar-refractivity contribution in [3.63, 3.8) is 0 Å². The SMILES string of the molecule is CCCc1ccc(C(F)(F)OC2CCC(c3cc(F)c4c(F)c(F)c(F)cc4c3)OC2)c(F)c1F. The van der Waals surface area contributed by atoms with E-state index in [-0.39, 0.29) is 42.4 Å². The van der Waals surface area contributed by atoms with E-state index in [0.717, 1.165) is 18.2 Å². The Kier molecular flexibility index (Phi) is 7.06. The molecule has 0 saturated carbocycles. The molecule has 0 amide bonds. The summed E-state index contributed by atoms with van der Waals surface area (Å²) in [6.45, 7) is 1.35. The summed E-state index contributed by atoms with van der Waals surface area (Å²) in [5, 5.41) is -0.947. The van der Waals surface area contributed by atoms with Gasteiger partial charge in [-0.05, 0) is 60.0 Å². The molecule has 4 rings (SSSR count). The van der Waals surface area contributed by atoms with E-state index in [1.807, 2.05) is 0 Å². The predicted molar refractivity (Wildman–Crippen MR) is 111 cm³/mol. The number of hydrogen-bond donors (Lipinski definition) is 0. The van der Waals surface area contributed by atoms with E-state index in [9.17, 15) is 35.1 Å². The third-order valence-electron chi connectivity index (χ3n) is 5.96. The molecule has 1 aliphatic heterocycles. The van der Waals surface area contributed by atoms with Crippen LogP contribution in [-0.2, 0) is 22.0 Å². The topological polar surface area (TPSA) is 18.5 Å². The first-order chi connectivity index (χ1) is 16.5. The van der Waals surface area contributed by atoms with Crippen molar-refractivity contribution in [2.75, 3.05) is 6.61 Å². The van der Waals surface area contributed by atoms with Crippen molar-refractivity contribution in [3.05, 3.63) is 81.9 Å². The monoisotopic (exact) mass is 504 g/mol. The van der Waals surface area contributed by atoms with E-state index < -0.39 is 64.2 Å². The standard InChI is InChI=1S/C25H20F8O2/c1-2-3-12-4-6-16(22(29)21(12)28)25(32,33)35-15-5-7-19(34-11-15)13-8-14-10-18(27)23(30)24(31)20(14)17(26)9-13/h4,6,8-10,15,19H,2-3,5,7,11H2,1H3. The van der Waals surface area contributed by atoms with Gasteiger partial charge in [0.15, 0.2) is 29.1 Å². The molecule has 2 nitrogen and oxygen atoms in total. The number of halogens is 8. The van der Waals surface area contributed by atoms with Gasteiger partial charge in [-0.25, -0.2) is 26.3 Å². The van der Waals surface area contributed by atoms with Crippen LogP contribution in [0.5, 0.6) is 0 Å². The van der Waals surface area contributed by atoms with E-state index in [0.29, 0.717) is 12.5 Å². The fourth-order valence-corrected chi connectivity index (χ4v) is 4.23. The molecule has 0 aliphatic carbocycles. The van der Waals surface area contributed by atoms with E-state index in [2.05, 4.69) is 0 Å². The summed E-state index contributed by atoms with van der Waals surface area (Å²) in [6, 6.07) is 4.65. The van der Waals surface area contributed by atoms with Gasteiger partial charge in [0.2, 0.25) is 0 Å². The average molecular weight is 504 g/mol. The zero-order chi connectivity index (χ0) is 25.5. The molecular weight excluding hydrogens is 484 g/mol. The maximum atomic E-state index is 14.6. The second-order valence-corrected chi connectivity index (χ2v) is 8.39. The number of rotatable bonds is 6. The summed E-state index contributed by atoms with van der Waals surface area (Å²) in [6.07, 6.45) is -5.39. The molecule has 3 aromatic carbocycles. The van der Waals surface area contributed by atoms with Gasteiger partial charge in [-0.15, -0.1) is 0 Å². The Morgan fingerprint density at radius 1 is 0.886 bits per heavy atom. The van der Waals surface area contributed by atoms with Crippen LogP contribution in [0.1, 0.15) is 49.0 Å². The summed E-state index contributed by atoms with van der Waals surface area (Å²) >= 11 is 0. The fourth-order valence-electron chi connectivity index (χ4n) is 4.23. The molecule has 3 aromatic rings. The maximum absolute atomic E-state index is 14.6. The van der Waals surface area contributed by atoms with Crippen molar-refractivity contribution in [3.8, 4) is 0 Å². The second kappa shape index (κ2) is 9.73. The molecule has 2 atom stereocenters. The lowest BCUT2D eigenvalue weighted by atomic mass is 9.96. The maximum Gasteiger partial charge on any atom is 0.386 e. The van der Waals surface area contributed by atoms with Crippen LogP contribution in [0.2, 0.25) is 0 Å². The summed E-state index contributed by atoms with van der Waals surface area (Å²) in [4.78, 5) is 0. The smallest absolute Gasteiger partial charge is 0.371 e. The van der Waals surface area contributed by atoms with Gasteiger partial charge >= 0.3 is 6.11 Å². The van der Waals surface area contributed by atoms with Crippen molar-refractivity contribution in [2.24, 2.45) is 0 Å². The molecule has 10 heteroatoms. The van der Waals surface area contributed by atoms with Gasteiger partial charge in [0, 0.05) is 0 Å². The van der Waals surface area contributed by atoms with Gasteiger partial charge in [0.25, 0.3) is 0 Å². The van der Waals surface area contributed by atoms with Gasteiger partial charge < -0.3 is 9.47 Å². The zero-order valence-corrected chi connectivity index (χ0v) is 18.4. The summed E-state index contributed by atoms with van der Waals surface area (Å²) < 4.78 is 123. The molecule has 1 saturated heterocycles. The number of aryl methyl sites for hydroxylation is 1. The minimum absolute atomic E-state index is 0.00985. The van der Waals surface area contributed by atoms with Gasteiger partial charge in [-0.3, -0.25) is 0 Å². The van der Waals surface area contributed by atoms with Crippen molar-refractivity contribution < 1.29 is 44.6 Å². The first kappa shape index (κ1) is 25.4. The van der Waals surface area contributed by atoms with Crippen LogP contribution in [0.3, 0.4) is 0 Å². The highest BCUT2D eigenvalue weighted by Crippen LogP contribution is 2.39. The van der Waals surface area contributed by atoms with Crippen LogP contribution in [0.4, 0.5) is 35.1 Å². The Balaban J connectivity index is 1.48. The summed E-state index contributed by atoms with van der Waals surface area (Å²) in [5.74, 6) is -9.10. The van der Waals surface area contributed by atoms with Crippen LogP contribution in [0, 0.1) is 34.9 Å². The summed E-state index contributed by atoms with van der Waals surface area (Å²) in [7, 11) is 0. The van der Waals surface area contributed by atoms with E-state index in [1.54, 1.807) is 6.92 Å². The minimum Gasteiger partial charge on any atom is -0.371 e. The Labute approximate surface area is 195 Å². The van der Waals surface area contributed by atoms with Gasteiger partial charge in [-0.1, -0.05) is 19.4 Å². The first-order valence-corrected chi connectivity index (χ1v) is 10.9. The quantitative estimate of drug-likeness (QED) is 0.254. The number of hydrogen-bond acceptors (Lipinski definition) is 2. The van der Waals surface area contributed by atoms with Crippen molar-refractivity contribution >= 4 is 10.8 Å². The third kappa shape index (κ3) is 4.86. The highest BCUT2D eigenvalue weighted by molar-refractivity contribution is 5.84. The van der Waals surface area contributed by atoms with Crippen molar-refractivity contribution in [1.82, 2.24) is 0 Å². The highest BCUT2D eigenvalue weighted by atomic mass is 19.3. The molecule has 0 spiro atoms. The van der Waals surface area contributed by atoms with Gasteiger partial charge in [0.1, 0.15) is 5.82 Å². The largest absolute Gasteiger partial charge is 0.386 e. The molecule has 0 aromatic heterocycles. The third-order valence-corrected chi connectivity index (χ3v) is 5.96. The molecular formula is C25H20F8O2. The number of ether oxygens (including phenoxy) is 2. The van der Waals surface area contributed by atoms with Crippen LogP contribution >= 0.6 is 0 Å². The van der Waals surface area contributed by atoms with Crippen molar-refractivity contribution in [1.29, 1.82) is 0 Å². The predicted octanol–water partition coefficient (Wildman–Crippen LogP) is 7.61. The second-order valence-electron chi connectivity index (χ2n) is 8.39. The Bertz CT molecular complexity index is 1250. The summed E-state index contributed by atoms with van der Waals surface area (Å²) in [5.41, 5.74) is -1.08. The molecule has 0 N–H and O–H groups in total. The van der Waals surface area contributed by atoms with E-state index >= 15 is 0 Å². The molecule has 0 bridgehead atoms.